The lowest BCUT2D eigenvalue weighted by Crippen LogP contribution is -2.46. The number of benzene rings is 4. The van der Waals surface area contributed by atoms with Gasteiger partial charge in [-0.15, -0.1) is 0 Å². The van der Waals surface area contributed by atoms with Crippen molar-refractivity contribution in [3.63, 3.8) is 0 Å². The Morgan fingerprint density at radius 2 is 1.62 bits per heavy atom. The van der Waals surface area contributed by atoms with Crippen molar-refractivity contribution in [3.05, 3.63) is 95.2 Å². The van der Waals surface area contributed by atoms with Crippen molar-refractivity contribution < 1.29 is 27.5 Å². The van der Waals surface area contributed by atoms with Crippen LogP contribution in [0.3, 0.4) is 0 Å². The smallest absolute Gasteiger partial charge is 0.255 e. The van der Waals surface area contributed by atoms with E-state index in [2.05, 4.69) is 42.5 Å². The van der Waals surface area contributed by atoms with Crippen molar-refractivity contribution >= 4 is 55.8 Å². The number of hydrogen-bond donors (Lipinski definition) is 4. The summed E-state index contributed by atoms with van der Waals surface area (Å²) < 4.78 is 38.1. The fourth-order valence-electron chi connectivity index (χ4n) is 6.76. The van der Waals surface area contributed by atoms with Gasteiger partial charge in [0, 0.05) is 68.2 Å². The summed E-state index contributed by atoms with van der Waals surface area (Å²) in [6.07, 6.45) is 2.80. The molecule has 0 atom stereocenters. The molecule has 2 amide bonds. The van der Waals surface area contributed by atoms with Crippen LogP contribution in [0.25, 0.3) is 22.0 Å². The van der Waals surface area contributed by atoms with Crippen molar-refractivity contribution in [2.24, 2.45) is 0 Å². The summed E-state index contributed by atoms with van der Waals surface area (Å²) in [6.45, 7) is 13.4. The van der Waals surface area contributed by atoms with E-state index >= 15 is 0 Å². The van der Waals surface area contributed by atoms with E-state index in [0.29, 0.717) is 46.3 Å². The van der Waals surface area contributed by atoms with Crippen LogP contribution in [-0.2, 0) is 15.4 Å². The minimum absolute atomic E-state index is 0.194. The Labute approximate surface area is 340 Å². The van der Waals surface area contributed by atoms with E-state index in [0.717, 1.165) is 66.6 Å². The first-order valence-corrected chi connectivity index (χ1v) is 20.9. The molecule has 1 aliphatic rings. The highest BCUT2D eigenvalue weighted by molar-refractivity contribution is 7.92. The largest absolute Gasteiger partial charge is 0.496 e. The summed E-state index contributed by atoms with van der Waals surface area (Å²) in [5, 5.41) is 9.99. The molecular formula is C43H52N8O6S. The van der Waals surface area contributed by atoms with Crippen LogP contribution in [0.1, 0.15) is 52.6 Å². The lowest BCUT2D eigenvalue weighted by molar-refractivity contribution is 0.0937. The second-order valence-corrected chi connectivity index (χ2v) is 17.4. The number of sulfonamides is 1. The minimum atomic E-state index is -3.63. The zero-order valence-electron chi connectivity index (χ0n) is 34.3. The number of carbonyl (C=O) groups excluding carboxylic acids is 2. The number of likely N-dealkylation sites (N-methyl/N-ethyl adjacent to an activating group) is 1. The highest BCUT2D eigenvalue weighted by Gasteiger charge is 2.23. The zero-order valence-corrected chi connectivity index (χ0v) is 35.1. The van der Waals surface area contributed by atoms with Gasteiger partial charge >= 0.3 is 0 Å². The molecule has 14 nitrogen and oxygen atoms in total. The van der Waals surface area contributed by atoms with Crippen LogP contribution in [0.15, 0.2) is 72.9 Å². The number of amides is 2. The normalized spacial score (nSPS) is 13.9. The third kappa shape index (κ3) is 10.2. The molecule has 1 aromatic heterocycles. The van der Waals surface area contributed by atoms with Gasteiger partial charge in [-0.3, -0.25) is 19.2 Å². The first kappa shape index (κ1) is 41.9. The number of rotatable bonds is 13. The number of aryl methyl sites for hydroxylation is 1. The summed E-state index contributed by atoms with van der Waals surface area (Å²) in [5.74, 6) is 0.434. The molecule has 0 bridgehead atoms. The van der Waals surface area contributed by atoms with Crippen LogP contribution in [0, 0.1) is 6.92 Å². The maximum absolute atomic E-state index is 13.8. The average Bonchev–Trinajstić information content (AvgIpc) is 3.17. The first-order valence-electron chi connectivity index (χ1n) is 19.0. The summed E-state index contributed by atoms with van der Waals surface area (Å²) in [7, 11) is 1.45. The van der Waals surface area contributed by atoms with Crippen molar-refractivity contribution in [1.29, 1.82) is 0 Å². The third-order valence-electron chi connectivity index (χ3n) is 10.1. The van der Waals surface area contributed by atoms with Gasteiger partial charge < -0.3 is 30.3 Å². The van der Waals surface area contributed by atoms with Gasteiger partial charge in [0.05, 0.1) is 42.9 Å². The summed E-state index contributed by atoms with van der Waals surface area (Å²) in [6, 6.07) is 20.1. The van der Waals surface area contributed by atoms with Crippen molar-refractivity contribution in [2.45, 2.75) is 33.1 Å². The number of aromatic nitrogens is 2. The highest BCUT2D eigenvalue weighted by Crippen LogP contribution is 2.39. The quantitative estimate of drug-likeness (QED) is 0.106. The molecule has 0 saturated carbocycles. The van der Waals surface area contributed by atoms with E-state index < -0.39 is 10.0 Å². The fourth-order valence-corrected chi connectivity index (χ4v) is 7.31. The Kier molecular flexibility index (Phi) is 12.5. The number of anilines is 4. The van der Waals surface area contributed by atoms with E-state index in [9.17, 15) is 18.0 Å². The van der Waals surface area contributed by atoms with E-state index in [1.165, 1.54) is 14.2 Å². The number of hydrogen-bond acceptors (Lipinski definition) is 11. The average molecular weight is 809 g/mol. The Morgan fingerprint density at radius 1 is 0.879 bits per heavy atom. The molecule has 4 N–H and O–H groups in total. The molecule has 0 unspecified atom stereocenters. The second-order valence-electron chi connectivity index (χ2n) is 15.6. The number of piperazine rings is 1. The second kappa shape index (κ2) is 17.4. The van der Waals surface area contributed by atoms with E-state index in [-0.39, 0.29) is 28.7 Å². The van der Waals surface area contributed by atoms with Gasteiger partial charge in [-0.25, -0.2) is 18.4 Å². The zero-order chi connectivity index (χ0) is 41.8. The number of ether oxygens (including phenoxy) is 2. The van der Waals surface area contributed by atoms with Crippen LogP contribution in [0.5, 0.6) is 11.5 Å². The predicted octanol–water partition coefficient (Wildman–Crippen LogP) is 6.26. The van der Waals surface area contributed by atoms with Gasteiger partial charge in [0.2, 0.25) is 16.0 Å². The lowest BCUT2D eigenvalue weighted by atomic mass is 9.86. The Balaban J connectivity index is 1.17. The molecule has 5 aromatic rings. The molecule has 1 aliphatic heterocycles. The standard InChI is InChI=1S/C43H52N8O6S/c1-27-9-10-29(40(52)47-36-23-31(43(2,3)4)24-37(39(36)57-7)49-58(8,54)55)22-34(27)28-11-14-35-30(21-28)26-45-42(48-35)46-32-12-13-33(38(25-32)56-6)41(53)44-15-16-51-19-17-50(5)18-20-51/h9-14,21-26,49H,15-20H2,1-8H3,(H,44,53)(H,47,52)(H,45,46,48). The highest BCUT2D eigenvalue weighted by atomic mass is 32.2. The molecule has 6 rings (SSSR count). The van der Waals surface area contributed by atoms with E-state index in [1.807, 2.05) is 58.0 Å². The molecule has 306 valence electrons. The molecule has 1 fully saturated rings. The number of methoxy groups -OCH3 is 2. The molecular weight excluding hydrogens is 757 g/mol. The van der Waals surface area contributed by atoms with Gasteiger partial charge in [0.15, 0.2) is 5.75 Å². The maximum Gasteiger partial charge on any atom is 0.255 e. The predicted molar refractivity (Wildman–Crippen MR) is 230 cm³/mol. The van der Waals surface area contributed by atoms with Crippen LogP contribution >= 0.6 is 0 Å². The third-order valence-corrected chi connectivity index (χ3v) is 10.7. The lowest BCUT2D eigenvalue weighted by Gasteiger charge is -2.32. The number of nitrogens with zero attached hydrogens (tertiary/aromatic N) is 4. The van der Waals surface area contributed by atoms with E-state index in [4.69, 9.17) is 14.5 Å². The van der Waals surface area contributed by atoms with Gasteiger partial charge in [0.1, 0.15) is 5.75 Å². The maximum atomic E-state index is 13.8. The molecule has 58 heavy (non-hydrogen) atoms. The molecule has 15 heteroatoms. The monoisotopic (exact) mass is 808 g/mol. The van der Waals surface area contributed by atoms with Crippen LogP contribution < -0.4 is 30.1 Å². The molecule has 4 aromatic carbocycles. The SMILES string of the molecule is COc1cc(Nc2ncc3cc(-c4cc(C(=O)Nc5cc(C(C)(C)C)cc(NS(C)(=O)=O)c5OC)ccc4C)ccc3n2)ccc1C(=O)NCCN1CCN(C)CC1. The Hall–Kier alpha value is -5.77. The molecule has 0 spiro atoms. The number of carbonyl (C=O) groups is 2. The van der Waals surface area contributed by atoms with Crippen molar-refractivity contribution in [1.82, 2.24) is 25.1 Å². The Bertz CT molecular complexity index is 2440. The van der Waals surface area contributed by atoms with Gasteiger partial charge in [-0.1, -0.05) is 32.9 Å². The van der Waals surface area contributed by atoms with Crippen LogP contribution in [0.2, 0.25) is 0 Å². The first-order chi connectivity index (χ1) is 27.5. The molecule has 2 heterocycles. The minimum Gasteiger partial charge on any atom is -0.496 e. The number of fused-ring (bicyclic) bond motifs is 1. The van der Waals surface area contributed by atoms with Gasteiger partial charge in [-0.2, -0.15) is 0 Å². The fraction of sp³-hybridized carbons (Fsp3) is 0.349. The number of nitrogens with one attached hydrogen (secondary N) is 4. The van der Waals surface area contributed by atoms with Crippen molar-refractivity contribution in [3.8, 4) is 22.6 Å². The van der Waals surface area contributed by atoms with Gasteiger partial charge in [0.25, 0.3) is 11.8 Å². The van der Waals surface area contributed by atoms with Crippen LogP contribution in [-0.4, -0.2) is 107 Å². The topological polar surface area (TPSA) is 167 Å². The van der Waals surface area contributed by atoms with Crippen LogP contribution in [0.4, 0.5) is 23.0 Å². The molecule has 0 aliphatic carbocycles. The molecule has 0 radical (unpaired) electrons. The molecule has 1 saturated heterocycles. The Morgan fingerprint density at radius 3 is 2.31 bits per heavy atom. The van der Waals surface area contributed by atoms with Crippen molar-refractivity contribution in [2.75, 3.05) is 82.1 Å². The summed E-state index contributed by atoms with van der Waals surface area (Å²) in [4.78, 5) is 40.7. The summed E-state index contributed by atoms with van der Waals surface area (Å²) >= 11 is 0. The van der Waals surface area contributed by atoms with E-state index in [1.54, 1.807) is 42.6 Å². The summed E-state index contributed by atoms with van der Waals surface area (Å²) in [5.41, 5.74) is 5.94. The van der Waals surface area contributed by atoms with Gasteiger partial charge in [-0.05, 0) is 90.2 Å².